The Hall–Kier alpha value is -2.66. The molecule has 2 aromatic carbocycles. The van der Waals surface area contributed by atoms with Crippen LogP contribution in [0.25, 0.3) is 0 Å². The van der Waals surface area contributed by atoms with Gasteiger partial charge in [0.05, 0.1) is 25.4 Å². The number of fused-ring (bicyclic) bond motifs is 13. The molecule has 3 aliphatic heterocycles. The molecule has 5 heteroatoms. The Labute approximate surface area is 174 Å². The summed E-state index contributed by atoms with van der Waals surface area (Å²) in [6, 6.07) is 19.7. The van der Waals surface area contributed by atoms with Gasteiger partial charge in [0.1, 0.15) is 8.07 Å². The summed E-state index contributed by atoms with van der Waals surface area (Å²) >= 11 is 0. The van der Waals surface area contributed by atoms with Crippen LogP contribution >= 0.6 is 0 Å². The molecule has 6 rings (SSSR count). The molecule has 3 heterocycles. The van der Waals surface area contributed by atoms with Crippen molar-refractivity contribution >= 4 is 29.8 Å². The zero-order valence-electron chi connectivity index (χ0n) is 17.2. The molecule has 0 radical (unpaired) electrons. The second-order valence-corrected chi connectivity index (χ2v) is 13.7. The van der Waals surface area contributed by atoms with Crippen LogP contribution in [0.4, 0.5) is 11.4 Å². The van der Waals surface area contributed by atoms with E-state index in [0.29, 0.717) is 12.1 Å². The minimum atomic E-state index is -1.78. The van der Waals surface area contributed by atoms with Crippen molar-refractivity contribution in [3.8, 4) is 0 Å². The monoisotopic (exact) mass is 400 g/mol. The summed E-state index contributed by atoms with van der Waals surface area (Å²) in [6.07, 6.45) is 11.7. The number of anilines is 2. The summed E-state index contributed by atoms with van der Waals surface area (Å²) in [4.78, 5) is 9.90. The lowest BCUT2D eigenvalue weighted by Crippen LogP contribution is -2.56. The molecule has 2 atom stereocenters. The first-order valence-electron chi connectivity index (χ1n) is 10.7. The normalized spacial score (nSPS) is 26.1. The highest BCUT2D eigenvalue weighted by Crippen LogP contribution is 2.35. The summed E-state index contributed by atoms with van der Waals surface area (Å²) in [6.45, 7) is 6.87. The minimum Gasteiger partial charge on any atom is -0.353 e. The molecular formula is C24H28N4Si. The Morgan fingerprint density at radius 2 is 1.17 bits per heavy atom. The third-order valence-corrected chi connectivity index (χ3v) is 10.9. The molecule has 4 nitrogen and oxygen atoms in total. The molecule has 0 saturated heterocycles. The SMILES string of the molecule is C[Si]1(C)c2cccc(c2)N2C=CN(C2)C2CCC2N2C=CN(C2)c2cccc1c2. The molecule has 148 valence electrons. The van der Waals surface area contributed by atoms with Crippen LogP contribution in [0.5, 0.6) is 0 Å². The molecule has 1 fully saturated rings. The van der Waals surface area contributed by atoms with Crippen molar-refractivity contribution in [3.05, 3.63) is 73.3 Å². The van der Waals surface area contributed by atoms with Crippen LogP contribution in [0.15, 0.2) is 73.3 Å². The van der Waals surface area contributed by atoms with Gasteiger partial charge in [-0.25, -0.2) is 0 Å². The maximum absolute atomic E-state index is 2.54. The predicted molar refractivity (Wildman–Crippen MR) is 123 cm³/mol. The van der Waals surface area contributed by atoms with Crippen molar-refractivity contribution in [2.45, 2.75) is 38.0 Å². The van der Waals surface area contributed by atoms with E-state index in [-0.39, 0.29) is 0 Å². The summed E-state index contributed by atoms with van der Waals surface area (Å²) in [7, 11) is -1.78. The molecular weight excluding hydrogens is 372 g/mol. The number of rotatable bonds is 0. The van der Waals surface area contributed by atoms with Crippen LogP contribution in [-0.4, -0.2) is 43.3 Å². The summed E-state index contributed by atoms with van der Waals surface area (Å²) in [5.41, 5.74) is 2.63. The van der Waals surface area contributed by atoms with Crippen LogP contribution in [0.1, 0.15) is 12.8 Å². The lowest BCUT2D eigenvalue weighted by atomic mass is 9.84. The summed E-state index contributed by atoms with van der Waals surface area (Å²) in [5.74, 6) is 0. The number of hydrogen-bond acceptors (Lipinski definition) is 4. The number of hydrogen-bond donors (Lipinski definition) is 0. The van der Waals surface area contributed by atoms with Crippen LogP contribution in [-0.2, 0) is 0 Å². The third kappa shape index (κ3) is 2.64. The second kappa shape index (κ2) is 6.17. The minimum absolute atomic E-state index is 0.603. The van der Waals surface area contributed by atoms with E-state index in [2.05, 4.69) is 106 Å². The quantitative estimate of drug-likeness (QED) is 0.630. The average molecular weight is 401 g/mol. The highest BCUT2D eigenvalue weighted by Gasteiger charge is 2.41. The van der Waals surface area contributed by atoms with Gasteiger partial charge in [-0.3, -0.25) is 0 Å². The van der Waals surface area contributed by atoms with Gasteiger partial charge in [0.25, 0.3) is 0 Å². The standard InChI is InChI=1S/C24H28N4Si/c1-29(2)21-7-3-5-19(15-21)25-11-13-27(17-25)23-9-10-24(23)28-14-12-26(18-28)20-6-4-8-22(29)16-20/h3-8,11-16,23-24H,9-10,17-18H2,1-2H3. The molecule has 2 unspecified atom stereocenters. The van der Waals surface area contributed by atoms with Crippen LogP contribution in [0.3, 0.4) is 0 Å². The van der Waals surface area contributed by atoms with E-state index >= 15 is 0 Å². The van der Waals surface area contributed by atoms with Crippen LogP contribution < -0.4 is 20.2 Å². The van der Waals surface area contributed by atoms with Gasteiger partial charge in [-0.1, -0.05) is 47.7 Å². The Morgan fingerprint density at radius 1 is 0.690 bits per heavy atom. The molecule has 0 spiro atoms. The van der Waals surface area contributed by atoms with Crippen LogP contribution in [0.2, 0.25) is 13.1 Å². The van der Waals surface area contributed by atoms with Crippen molar-refractivity contribution in [1.29, 1.82) is 0 Å². The summed E-state index contributed by atoms with van der Waals surface area (Å²) < 4.78 is 0. The Balaban J connectivity index is 1.47. The summed E-state index contributed by atoms with van der Waals surface area (Å²) in [5, 5.41) is 2.99. The van der Waals surface area contributed by atoms with E-state index in [1.165, 1.54) is 34.6 Å². The van der Waals surface area contributed by atoms with Gasteiger partial charge < -0.3 is 19.6 Å². The van der Waals surface area contributed by atoms with Gasteiger partial charge in [0, 0.05) is 36.2 Å². The van der Waals surface area contributed by atoms with Crippen molar-refractivity contribution in [2.24, 2.45) is 0 Å². The number of benzene rings is 2. The van der Waals surface area contributed by atoms with E-state index in [0.717, 1.165) is 13.3 Å². The van der Waals surface area contributed by atoms with Crippen LogP contribution in [0, 0.1) is 0 Å². The highest BCUT2D eigenvalue weighted by molar-refractivity contribution is 7.00. The molecule has 1 aliphatic carbocycles. The fraction of sp³-hybridized carbons (Fsp3) is 0.333. The molecule has 0 aromatic heterocycles. The largest absolute Gasteiger partial charge is 0.353 e. The van der Waals surface area contributed by atoms with E-state index in [9.17, 15) is 0 Å². The van der Waals surface area contributed by atoms with Gasteiger partial charge in [0.2, 0.25) is 0 Å². The predicted octanol–water partition coefficient (Wildman–Crippen LogP) is 3.16. The maximum Gasteiger partial charge on any atom is 0.112 e. The first-order valence-corrected chi connectivity index (χ1v) is 13.7. The first-order chi connectivity index (χ1) is 14.1. The molecule has 0 amide bonds. The van der Waals surface area contributed by atoms with E-state index in [1.54, 1.807) is 0 Å². The van der Waals surface area contributed by atoms with Crippen molar-refractivity contribution in [1.82, 2.24) is 9.80 Å². The molecule has 1 saturated carbocycles. The molecule has 29 heavy (non-hydrogen) atoms. The van der Waals surface area contributed by atoms with E-state index < -0.39 is 8.07 Å². The molecule has 0 N–H and O–H groups in total. The fourth-order valence-electron chi connectivity index (χ4n) is 5.19. The lowest BCUT2D eigenvalue weighted by molar-refractivity contribution is 0.0717. The van der Waals surface area contributed by atoms with Gasteiger partial charge >= 0.3 is 0 Å². The zero-order chi connectivity index (χ0) is 19.6. The molecule has 4 aliphatic rings. The maximum atomic E-state index is 2.54. The Kier molecular flexibility index (Phi) is 3.66. The molecule has 2 aromatic rings. The van der Waals surface area contributed by atoms with Crippen molar-refractivity contribution in [2.75, 3.05) is 23.1 Å². The van der Waals surface area contributed by atoms with E-state index in [4.69, 9.17) is 0 Å². The lowest BCUT2D eigenvalue weighted by Gasteiger charge is -2.47. The zero-order valence-corrected chi connectivity index (χ0v) is 18.2. The highest BCUT2D eigenvalue weighted by atomic mass is 28.3. The van der Waals surface area contributed by atoms with Crippen molar-refractivity contribution in [3.63, 3.8) is 0 Å². The first kappa shape index (κ1) is 17.2. The van der Waals surface area contributed by atoms with Gasteiger partial charge in [0.15, 0.2) is 0 Å². The number of nitrogens with zero attached hydrogens (tertiary/aromatic N) is 4. The molecule has 8 bridgehead atoms. The second-order valence-electron chi connectivity index (χ2n) is 9.28. The third-order valence-electron chi connectivity index (χ3n) is 7.36. The topological polar surface area (TPSA) is 13.0 Å². The smallest absolute Gasteiger partial charge is 0.112 e. The average Bonchev–Trinajstić information content (AvgIpc) is 3.37. The van der Waals surface area contributed by atoms with Gasteiger partial charge in [-0.15, -0.1) is 0 Å². The van der Waals surface area contributed by atoms with Crippen molar-refractivity contribution < 1.29 is 0 Å². The Bertz CT molecular complexity index is 934. The van der Waals surface area contributed by atoms with Gasteiger partial charge in [-0.05, 0) is 37.1 Å². The fourth-order valence-corrected chi connectivity index (χ4v) is 7.57. The van der Waals surface area contributed by atoms with E-state index in [1.807, 2.05) is 0 Å². The Morgan fingerprint density at radius 3 is 1.62 bits per heavy atom. The van der Waals surface area contributed by atoms with Gasteiger partial charge in [-0.2, -0.15) is 0 Å².